The van der Waals surface area contributed by atoms with Gasteiger partial charge in [-0.3, -0.25) is 4.79 Å². The zero-order valence-corrected chi connectivity index (χ0v) is 21.6. The smallest absolute Gasteiger partial charge is 0.252 e. The van der Waals surface area contributed by atoms with Crippen LogP contribution in [-0.2, 0) is 20.2 Å². The fraction of sp³-hybridized carbons (Fsp3) is 0.440. The maximum absolute atomic E-state index is 13.2. The van der Waals surface area contributed by atoms with Gasteiger partial charge < -0.3 is 5.32 Å². The largest absolute Gasteiger partial charge is 0.310 e. The lowest BCUT2D eigenvalue weighted by molar-refractivity contribution is -0.120. The van der Waals surface area contributed by atoms with Crippen LogP contribution in [0.3, 0.4) is 0 Å². The number of anilines is 1. The Morgan fingerprint density at radius 2 is 1.69 bits per heavy atom. The molecule has 1 saturated heterocycles. The van der Waals surface area contributed by atoms with Crippen LogP contribution in [-0.4, -0.2) is 51.5 Å². The summed E-state index contributed by atoms with van der Waals surface area (Å²) >= 11 is 0. The first-order valence-corrected chi connectivity index (χ1v) is 13.2. The van der Waals surface area contributed by atoms with E-state index in [1.54, 1.807) is 30.6 Å². The molecule has 0 radical (unpaired) electrons. The van der Waals surface area contributed by atoms with Crippen LogP contribution in [0, 0.1) is 19.8 Å². The first kappa shape index (κ1) is 25.0. The SMILES string of the molecule is Cc1ccc(S(=O)(=O)N2CCC(C(=O)Nc3cc(C(C)(C)C)nn3-c3ncccn3)CC2)cc1C. The van der Waals surface area contributed by atoms with Crippen LogP contribution >= 0.6 is 0 Å². The van der Waals surface area contributed by atoms with Crippen LogP contribution in [0.4, 0.5) is 5.82 Å². The van der Waals surface area contributed by atoms with Crippen LogP contribution in [0.5, 0.6) is 0 Å². The van der Waals surface area contributed by atoms with E-state index >= 15 is 0 Å². The van der Waals surface area contributed by atoms with Crippen molar-refractivity contribution in [3.05, 3.63) is 59.5 Å². The van der Waals surface area contributed by atoms with Gasteiger partial charge in [0.2, 0.25) is 15.9 Å². The zero-order chi connectivity index (χ0) is 25.4. The summed E-state index contributed by atoms with van der Waals surface area (Å²) in [6, 6.07) is 8.75. The molecule has 2 aromatic heterocycles. The highest BCUT2D eigenvalue weighted by molar-refractivity contribution is 7.89. The molecule has 3 heterocycles. The monoisotopic (exact) mass is 496 g/mol. The molecule has 0 spiro atoms. The molecule has 1 amide bonds. The lowest BCUT2D eigenvalue weighted by Gasteiger charge is -2.30. The number of piperidine rings is 1. The summed E-state index contributed by atoms with van der Waals surface area (Å²) in [4.78, 5) is 22.0. The van der Waals surface area contributed by atoms with Crippen LogP contribution in [0.2, 0.25) is 0 Å². The molecule has 0 atom stereocenters. The summed E-state index contributed by atoms with van der Waals surface area (Å²) < 4.78 is 29.2. The second kappa shape index (κ2) is 9.50. The molecule has 0 saturated carbocycles. The van der Waals surface area contributed by atoms with Crippen molar-refractivity contribution in [1.29, 1.82) is 0 Å². The lowest BCUT2D eigenvalue weighted by Crippen LogP contribution is -2.41. The lowest BCUT2D eigenvalue weighted by atomic mass is 9.92. The Morgan fingerprint density at radius 3 is 2.29 bits per heavy atom. The Balaban J connectivity index is 1.48. The molecule has 1 N–H and O–H groups in total. The molecule has 3 aromatic rings. The molecule has 1 fully saturated rings. The Bertz CT molecular complexity index is 1320. The zero-order valence-electron chi connectivity index (χ0n) is 20.8. The van der Waals surface area contributed by atoms with Gasteiger partial charge in [-0.2, -0.15) is 14.1 Å². The summed E-state index contributed by atoms with van der Waals surface area (Å²) in [6.07, 6.45) is 4.13. The van der Waals surface area contributed by atoms with Gasteiger partial charge >= 0.3 is 0 Å². The van der Waals surface area contributed by atoms with Crippen LogP contribution in [0.1, 0.15) is 50.4 Å². The van der Waals surface area contributed by atoms with Gasteiger partial charge in [0.15, 0.2) is 0 Å². The van der Waals surface area contributed by atoms with E-state index < -0.39 is 10.0 Å². The van der Waals surface area contributed by atoms with Crippen LogP contribution in [0.15, 0.2) is 47.6 Å². The normalized spacial score (nSPS) is 15.8. The van der Waals surface area contributed by atoms with Crippen molar-refractivity contribution in [3.8, 4) is 5.95 Å². The van der Waals surface area contributed by atoms with Crippen molar-refractivity contribution in [3.63, 3.8) is 0 Å². The number of hydrogen-bond acceptors (Lipinski definition) is 6. The number of hydrogen-bond donors (Lipinski definition) is 1. The molecule has 1 aromatic carbocycles. The van der Waals surface area contributed by atoms with Gasteiger partial charge in [0.25, 0.3) is 5.95 Å². The van der Waals surface area contributed by atoms with Crippen LogP contribution in [0.25, 0.3) is 5.95 Å². The molecule has 9 nitrogen and oxygen atoms in total. The third kappa shape index (κ3) is 5.28. The molecule has 1 aliphatic rings. The number of carbonyl (C=O) groups is 1. The first-order chi connectivity index (χ1) is 16.5. The Kier molecular flexibility index (Phi) is 6.79. The average molecular weight is 497 g/mol. The van der Waals surface area contributed by atoms with Crippen molar-refractivity contribution in [2.45, 2.75) is 57.8 Å². The standard InChI is InChI=1S/C25H32N6O3S/c1-17-7-8-20(15-18(17)2)35(33,34)30-13-9-19(10-14-30)23(32)28-22-16-21(25(3,4)5)29-31(22)24-26-11-6-12-27-24/h6-8,11-12,15-16,19H,9-10,13-14H2,1-5H3,(H,28,32). The van der Waals surface area contributed by atoms with E-state index in [-0.39, 0.29) is 17.2 Å². The maximum Gasteiger partial charge on any atom is 0.252 e. The minimum Gasteiger partial charge on any atom is -0.310 e. The van der Waals surface area contributed by atoms with Gasteiger partial charge in [-0.1, -0.05) is 26.8 Å². The highest BCUT2D eigenvalue weighted by Crippen LogP contribution is 2.28. The molecule has 10 heteroatoms. The van der Waals surface area contributed by atoms with Gasteiger partial charge in [-0.25, -0.2) is 18.4 Å². The van der Waals surface area contributed by atoms with Gasteiger partial charge in [-0.05, 0) is 56.0 Å². The predicted octanol–water partition coefficient (Wildman–Crippen LogP) is 3.62. The summed E-state index contributed by atoms with van der Waals surface area (Å²) in [6.45, 7) is 10.6. The minimum atomic E-state index is -3.59. The fourth-order valence-electron chi connectivity index (χ4n) is 4.00. The van der Waals surface area contributed by atoms with Crippen molar-refractivity contribution in [2.24, 2.45) is 5.92 Å². The van der Waals surface area contributed by atoms with E-state index in [1.807, 2.05) is 46.8 Å². The number of benzene rings is 1. The first-order valence-electron chi connectivity index (χ1n) is 11.7. The van der Waals surface area contributed by atoms with Gasteiger partial charge in [0, 0.05) is 42.9 Å². The number of carbonyl (C=O) groups excluding carboxylic acids is 1. The number of sulfonamides is 1. The molecule has 1 aliphatic heterocycles. The van der Waals surface area contributed by atoms with Gasteiger partial charge in [-0.15, -0.1) is 0 Å². The second-order valence-electron chi connectivity index (χ2n) is 10.0. The summed E-state index contributed by atoms with van der Waals surface area (Å²) in [5.41, 5.74) is 2.56. The predicted molar refractivity (Wildman–Crippen MR) is 134 cm³/mol. The molecular weight excluding hydrogens is 464 g/mol. The molecule has 0 bridgehead atoms. The van der Waals surface area contributed by atoms with Gasteiger partial charge in [0.1, 0.15) is 5.82 Å². The van der Waals surface area contributed by atoms with E-state index in [0.717, 1.165) is 16.8 Å². The number of nitrogens with zero attached hydrogens (tertiary/aromatic N) is 5. The number of aromatic nitrogens is 4. The maximum atomic E-state index is 13.2. The van der Waals surface area contributed by atoms with Gasteiger partial charge in [0.05, 0.1) is 10.6 Å². The molecule has 0 unspecified atom stereocenters. The Morgan fingerprint density at radius 1 is 1.03 bits per heavy atom. The van der Waals surface area contributed by atoms with Crippen molar-refractivity contribution in [2.75, 3.05) is 18.4 Å². The molecule has 0 aliphatic carbocycles. The van der Waals surface area contributed by atoms with Crippen molar-refractivity contribution < 1.29 is 13.2 Å². The number of amides is 1. The molecular formula is C25H32N6O3S. The van der Waals surface area contributed by atoms with E-state index in [0.29, 0.717) is 42.6 Å². The average Bonchev–Trinajstić information content (AvgIpc) is 3.26. The topological polar surface area (TPSA) is 110 Å². The number of aryl methyl sites for hydroxylation is 2. The summed E-state index contributed by atoms with van der Waals surface area (Å²) in [7, 11) is -3.59. The quantitative estimate of drug-likeness (QED) is 0.578. The van der Waals surface area contributed by atoms with E-state index in [2.05, 4.69) is 20.4 Å². The highest BCUT2D eigenvalue weighted by atomic mass is 32.2. The molecule has 186 valence electrons. The van der Waals surface area contributed by atoms with E-state index in [9.17, 15) is 13.2 Å². The second-order valence-corrected chi connectivity index (χ2v) is 12.0. The Hall–Kier alpha value is -3.11. The van der Waals surface area contributed by atoms with E-state index in [4.69, 9.17) is 0 Å². The third-order valence-electron chi connectivity index (χ3n) is 6.41. The fourth-order valence-corrected chi connectivity index (χ4v) is 5.56. The number of rotatable bonds is 5. The van der Waals surface area contributed by atoms with E-state index in [1.165, 1.54) is 8.99 Å². The highest BCUT2D eigenvalue weighted by Gasteiger charge is 2.33. The minimum absolute atomic E-state index is 0.161. The molecule has 35 heavy (non-hydrogen) atoms. The molecule has 4 rings (SSSR count). The van der Waals surface area contributed by atoms with Crippen molar-refractivity contribution in [1.82, 2.24) is 24.1 Å². The summed E-state index contributed by atoms with van der Waals surface area (Å²) in [5.74, 6) is 0.397. The number of nitrogens with one attached hydrogen (secondary N) is 1. The Labute approximate surface area is 206 Å². The summed E-state index contributed by atoms with van der Waals surface area (Å²) in [5, 5.41) is 7.61. The van der Waals surface area contributed by atoms with Crippen LogP contribution < -0.4 is 5.32 Å². The van der Waals surface area contributed by atoms with Crippen molar-refractivity contribution >= 4 is 21.7 Å². The third-order valence-corrected chi connectivity index (χ3v) is 8.31.